The van der Waals surface area contributed by atoms with Gasteiger partial charge in [0.15, 0.2) is 0 Å². The number of carboxylic acid groups (broad SMARTS) is 1. The molecule has 37 heavy (non-hydrogen) atoms. The van der Waals surface area contributed by atoms with E-state index in [1.54, 1.807) is 0 Å². The molecule has 5 rings (SSSR count). The Hall–Kier alpha value is -0.920. The van der Waals surface area contributed by atoms with E-state index >= 15 is 0 Å². The standard InChI is InChI=1S/C30H48O6S/c1-18(2)19-10-15-30(25(31)32)17-16-28(6)20(24(19)30)8-9-22-27(5)13-12-23(36-37(33,34)35)26(3,4)21(27)11-14-29(22,28)7/h19-24H,1,8-17H2,2-7H3,(H,31,32)(H,33,34,35)/t19?,20-,21+,22-,23+,24-,27+,28-,29-,30+/m1/s1. The Bertz CT molecular complexity index is 1100. The summed E-state index contributed by atoms with van der Waals surface area (Å²) in [7, 11) is -4.50. The summed E-state index contributed by atoms with van der Waals surface area (Å²) in [5, 5.41) is 10.5. The first kappa shape index (κ1) is 27.6. The summed E-state index contributed by atoms with van der Waals surface area (Å²) < 4.78 is 37.9. The average Bonchev–Trinajstić information content (AvgIpc) is 3.17. The molecular formula is C30H48O6S. The highest BCUT2D eigenvalue weighted by Crippen LogP contribution is 2.77. The predicted octanol–water partition coefficient (Wildman–Crippen LogP) is 6.92. The summed E-state index contributed by atoms with van der Waals surface area (Å²) in [4.78, 5) is 12.8. The summed E-state index contributed by atoms with van der Waals surface area (Å²) in [6, 6.07) is 0. The molecule has 5 aliphatic rings. The number of rotatable bonds is 4. The Kier molecular flexibility index (Phi) is 6.20. The predicted molar refractivity (Wildman–Crippen MR) is 143 cm³/mol. The van der Waals surface area contributed by atoms with Gasteiger partial charge in [0.25, 0.3) is 0 Å². The molecule has 5 saturated carbocycles. The van der Waals surface area contributed by atoms with Crippen LogP contribution in [0.4, 0.5) is 0 Å². The molecule has 0 aliphatic heterocycles. The van der Waals surface area contributed by atoms with Gasteiger partial charge < -0.3 is 5.11 Å². The highest BCUT2D eigenvalue weighted by atomic mass is 32.3. The topological polar surface area (TPSA) is 101 Å². The van der Waals surface area contributed by atoms with Gasteiger partial charge in [-0.3, -0.25) is 9.35 Å². The van der Waals surface area contributed by atoms with Crippen molar-refractivity contribution in [3.05, 3.63) is 12.2 Å². The van der Waals surface area contributed by atoms with Crippen LogP contribution in [-0.4, -0.2) is 30.2 Å². The quantitative estimate of drug-likeness (QED) is 0.299. The van der Waals surface area contributed by atoms with E-state index in [0.29, 0.717) is 30.1 Å². The van der Waals surface area contributed by atoms with Crippen molar-refractivity contribution in [3.8, 4) is 0 Å². The van der Waals surface area contributed by atoms with Crippen molar-refractivity contribution in [2.45, 2.75) is 112 Å². The Morgan fingerprint density at radius 2 is 1.54 bits per heavy atom. The fraction of sp³-hybridized carbons (Fsp3) is 0.900. The van der Waals surface area contributed by atoms with Crippen LogP contribution in [0.25, 0.3) is 0 Å². The molecule has 0 aromatic rings. The van der Waals surface area contributed by atoms with Crippen molar-refractivity contribution in [1.82, 2.24) is 0 Å². The van der Waals surface area contributed by atoms with Crippen molar-refractivity contribution in [1.29, 1.82) is 0 Å². The van der Waals surface area contributed by atoms with Gasteiger partial charge in [-0.1, -0.05) is 46.8 Å². The monoisotopic (exact) mass is 536 g/mol. The maximum Gasteiger partial charge on any atom is 0.397 e. The van der Waals surface area contributed by atoms with E-state index in [1.807, 2.05) is 0 Å². The molecule has 2 N–H and O–H groups in total. The van der Waals surface area contributed by atoms with Gasteiger partial charge >= 0.3 is 16.4 Å². The molecule has 0 bridgehead atoms. The summed E-state index contributed by atoms with van der Waals surface area (Å²) in [6.45, 7) is 18.1. The molecule has 0 spiro atoms. The van der Waals surface area contributed by atoms with Crippen molar-refractivity contribution in [3.63, 3.8) is 0 Å². The molecule has 5 fully saturated rings. The fourth-order valence-electron chi connectivity index (χ4n) is 11.8. The molecule has 0 amide bonds. The third-order valence-electron chi connectivity index (χ3n) is 13.7. The van der Waals surface area contributed by atoms with Crippen LogP contribution in [0.2, 0.25) is 0 Å². The van der Waals surface area contributed by atoms with Crippen LogP contribution >= 0.6 is 0 Å². The SMILES string of the molecule is C=C(C)C1CC[C@]2(C(=O)O)CC[C@]3(C)[C@H](CC[C@@H]4[C@@]5(C)CC[C@H](OS(=O)(=O)O)C(C)(C)[C@@H]5CC[C@]43C)[C@@H]12. The average molecular weight is 537 g/mol. The molecule has 5 aliphatic carbocycles. The van der Waals surface area contributed by atoms with Gasteiger partial charge in [0.1, 0.15) is 0 Å². The Labute approximate surface area is 224 Å². The maximum atomic E-state index is 12.8. The molecule has 0 heterocycles. The molecule has 0 radical (unpaired) electrons. The van der Waals surface area contributed by atoms with E-state index in [4.69, 9.17) is 4.18 Å². The maximum absolute atomic E-state index is 12.8. The third-order valence-corrected chi connectivity index (χ3v) is 14.1. The van der Waals surface area contributed by atoms with Crippen LogP contribution in [0.5, 0.6) is 0 Å². The number of hydrogen-bond donors (Lipinski definition) is 2. The molecular weight excluding hydrogens is 488 g/mol. The lowest BCUT2D eigenvalue weighted by Crippen LogP contribution is -2.67. The van der Waals surface area contributed by atoms with E-state index < -0.39 is 27.9 Å². The molecule has 0 aromatic heterocycles. The number of hydrogen-bond acceptors (Lipinski definition) is 4. The van der Waals surface area contributed by atoms with Crippen LogP contribution in [0.1, 0.15) is 106 Å². The van der Waals surface area contributed by atoms with Crippen LogP contribution < -0.4 is 0 Å². The highest BCUT2D eigenvalue weighted by Gasteiger charge is 2.72. The van der Waals surface area contributed by atoms with Crippen LogP contribution in [0.15, 0.2) is 12.2 Å². The summed E-state index contributed by atoms with van der Waals surface area (Å²) >= 11 is 0. The van der Waals surface area contributed by atoms with Crippen molar-refractivity contribution in [2.75, 3.05) is 0 Å². The normalized spacial score (nSPS) is 50.8. The Morgan fingerprint density at radius 3 is 2.14 bits per heavy atom. The molecule has 0 aromatic carbocycles. The second-order valence-corrected chi connectivity index (χ2v) is 16.1. The van der Waals surface area contributed by atoms with E-state index in [0.717, 1.165) is 63.4 Å². The zero-order chi connectivity index (χ0) is 27.4. The number of fused-ring (bicyclic) bond motifs is 7. The second kappa shape index (κ2) is 8.30. The fourth-order valence-corrected chi connectivity index (χ4v) is 12.4. The minimum atomic E-state index is -4.50. The van der Waals surface area contributed by atoms with Crippen LogP contribution in [-0.2, 0) is 19.4 Å². The van der Waals surface area contributed by atoms with Crippen molar-refractivity contribution < 1.29 is 27.1 Å². The number of aliphatic carboxylic acids is 1. The van der Waals surface area contributed by atoms with Crippen molar-refractivity contribution >= 4 is 16.4 Å². The van der Waals surface area contributed by atoms with Gasteiger partial charge in [0.05, 0.1) is 11.5 Å². The summed E-state index contributed by atoms with van der Waals surface area (Å²) in [5.74, 6) is 1.04. The largest absolute Gasteiger partial charge is 0.481 e. The zero-order valence-electron chi connectivity index (χ0n) is 23.7. The van der Waals surface area contributed by atoms with Gasteiger partial charge in [0.2, 0.25) is 0 Å². The smallest absolute Gasteiger partial charge is 0.397 e. The Balaban J connectivity index is 1.52. The second-order valence-electron chi connectivity index (χ2n) is 15.0. The molecule has 210 valence electrons. The molecule has 10 atom stereocenters. The lowest BCUT2D eigenvalue weighted by atomic mass is 9.32. The van der Waals surface area contributed by atoms with Gasteiger partial charge in [0, 0.05) is 0 Å². The van der Waals surface area contributed by atoms with Gasteiger partial charge in [-0.2, -0.15) is 8.42 Å². The lowest BCUT2D eigenvalue weighted by Gasteiger charge is -2.72. The van der Waals surface area contributed by atoms with Crippen molar-refractivity contribution in [2.24, 2.45) is 56.7 Å². The molecule has 0 saturated heterocycles. The molecule has 1 unspecified atom stereocenters. The number of carboxylic acids is 1. The van der Waals surface area contributed by atoms with Crippen LogP contribution in [0.3, 0.4) is 0 Å². The van der Waals surface area contributed by atoms with Gasteiger partial charge in [-0.25, -0.2) is 4.18 Å². The minimum absolute atomic E-state index is 0.0499. The third kappa shape index (κ3) is 3.61. The van der Waals surface area contributed by atoms with Gasteiger partial charge in [-0.15, -0.1) is 0 Å². The summed E-state index contributed by atoms with van der Waals surface area (Å²) in [6.07, 6.45) is 8.68. The molecule has 7 heteroatoms. The molecule has 6 nitrogen and oxygen atoms in total. The summed E-state index contributed by atoms with van der Waals surface area (Å²) in [5.41, 5.74) is 0.390. The first-order valence-corrected chi connectivity index (χ1v) is 15.8. The van der Waals surface area contributed by atoms with E-state index in [2.05, 4.69) is 48.1 Å². The van der Waals surface area contributed by atoms with E-state index in [-0.39, 0.29) is 27.6 Å². The van der Waals surface area contributed by atoms with Gasteiger partial charge in [-0.05, 0) is 122 Å². The van der Waals surface area contributed by atoms with Crippen LogP contribution in [0, 0.1) is 56.7 Å². The van der Waals surface area contributed by atoms with E-state index in [9.17, 15) is 22.9 Å². The lowest BCUT2D eigenvalue weighted by molar-refractivity contribution is -0.246. The first-order valence-electron chi connectivity index (χ1n) is 14.5. The Morgan fingerprint density at radius 1 is 0.865 bits per heavy atom. The minimum Gasteiger partial charge on any atom is -0.481 e. The zero-order valence-corrected chi connectivity index (χ0v) is 24.5. The number of allylic oxidation sites excluding steroid dienone is 1. The highest BCUT2D eigenvalue weighted by molar-refractivity contribution is 7.80. The van der Waals surface area contributed by atoms with E-state index in [1.165, 1.54) is 0 Å². The first-order chi connectivity index (χ1) is 16.9. The number of carbonyl (C=O) groups is 1.